The second-order valence-corrected chi connectivity index (χ2v) is 4.94. The third kappa shape index (κ3) is 5.16. The van der Waals surface area contributed by atoms with Crippen molar-refractivity contribution in [3.8, 4) is 0 Å². The van der Waals surface area contributed by atoms with Crippen LogP contribution in [0.5, 0.6) is 0 Å². The van der Waals surface area contributed by atoms with Crippen LogP contribution < -0.4 is 10.6 Å². The van der Waals surface area contributed by atoms with E-state index >= 15 is 0 Å². The van der Waals surface area contributed by atoms with Crippen LogP contribution in [0.15, 0.2) is 23.8 Å². The van der Waals surface area contributed by atoms with Gasteiger partial charge in [-0.15, -0.1) is 0 Å². The molecule has 0 radical (unpaired) electrons. The fourth-order valence-electron chi connectivity index (χ4n) is 2.18. The Hall–Kier alpha value is -2.44. The van der Waals surface area contributed by atoms with Crippen LogP contribution in [-0.4, -0.2) is 42.8 Å². The second kappa shape index (κ2) is 8.11. The van der Waals surface area contributed by atoms with Crippen molar-refractivity contribution in [3.05, 3.63) is 23.8 Å². The van der Waals surface area contributed by atoms with E-state index in [1.54, 1.807) is 12.2 Å². The number of nitrogens with one attached hydrogen (secondary N) is 2. The number of ether oxygens (including phenoxy) is 1. The molecule has 7 heteroatoms. The number of hydrogen-bond donors (Lipinski definition) is 2. The number of hydrogen-bond acceptors (Lipinski definition) is 5. The average Bonchev–Trinajstić information content (AvgIpc) is 2.45. The highest BCUT2D eigenvalue weighted by molar-refractivity contribution is 6.01. The maximum atomic E-state index is 12.4. The Kier molecular flexibility index (Phi) is 6.49. The van der Waals surface area contributed by atoms with Crippen LogP contribution in [0.1, 0.15) is 26.7 Å². The van der Waals surface area contributed by atoms with Gasteiger partial charge in [-0.2, -0.15) is 0 Å². The maximum absolute atomic E-state index is 12.4. The quantitative estimate of drug-likeness (QED) is 0.673. The van der Waals surface area contributed by atoms with Gasteiger partial charge in [-0.25, -0.2) is 4.79 Å². The molecule has 0 bridgehead atoms. The Labute approximate surface area is 128 Å². The lowest BCUT2D eigenvalue weighted by atomic mass is 9.92. The summed E-state index contributed by atoms with van der Waals surface area (Å²) in [5, 5.41) is 5.08. The molecule has 1 aliphatic carbocycles. The van der Waals surface area contributed by atoms with Gasteiger partial charge in [-0.3, -0.25) is 14.4 Å². The third-order valence-corrected chi connectivity index (χ3v) is 3.11. The average molecular weight is 308 g/mol. The minimum atomic E-state index is -1.04. The Morgan fingerprint density at radius 2 is 1.95 bits per heavy atom. The predicted molar refractivity (Wildman–Crippen MR) is 78.7 cm³/mol. The van der Waals surface area contributed by atoms with E-state index in [-0.39, 0.29) is 18.1 Å². The van der Waals surface area contributed by atoms with Crippen LogP contribution in [0.25, 0.3) is 0 Å². The molecule has 0 spiro atoms. The van der Waals surface area contributed by atoms with Crippen molar-refractivity contribution in [2.45, 2.75) is 38.8 Å². The summed E-state index contributed by atoms with van der Waals surface area (Å²) in [6.07, 6.45) is 5.44. The number of allylic oxidation sites excluding steroid dienone is 2. The summed E-state index contributed by atoms with van der Waals surface area (Å²) in [6, 6.07) is -1.47. The first-order valence-electron chi connectivity index (χ1n) is 6.87. The highest BCUT2D eigenvalue weighted by Crippen LogP contribution is 2.17. The van der Waals surface area contributed by atoms with Crippen molar-refractivity contribution in [1.29, 1.82) is 0 Å². The molecule has 7 nitrogen and oxygen atoms in total. The summed E-state index contributed by atoms with van der Waals surface area (Å²) in [6.45, 7) is 2.62. The molecule has 2 unspecified atom stereocenters. The molecule has 120 valence electrons. The van der Waals surface area contributed by atoms with Gasteiger partial charge in [0.05, 0.1) is 13.2 Å². The van der Waals surface area contributed by atoms with Crippen LogP contribution in [-0.2, 0) is 23.9 Å². The molecule has 0 heterocycles. The summed E-state index contributed by atoms with van der Waals surface area (Å²) in [5.74, 6) is -1.69. The molecule has 0 fully saturated rings. The van der Waals surface area contributed by atoms with Crippen LogP contribution in [0.4, 0.5) is 0 Å². The van der Waals surface area contributed by atoms with Crippen LogP contribution in [0.3, 0.4) is 0 Å². The third-order valence-electron chi connectivity index (χ3n) is 3.11. The zero-order chi connectivity index (χ0) is 16.7. The van der Waals surface area contributed by atoms with Crippen molar-refractivity contribution in [3.63, 3.8) is 0 Å². The van der Waals surface area contributed by atoms with Gasteiger partial charge in [0, 0.05) is 25.8 Å². The molecule has 2 amide bonds. The minimum absolute atomic E-state index is 0.220. The summed E-state index contributed by atoms with van der Waals surface area (Å²) >= 11 is 0. The van der Waals surface area contributed by atoms with E-state index in [0.717, 1.165) is 0 Å². The lowest BCUT2D eigenvalue weighted by Crippen LogP contribution is -2.44. The van der Waals surface area contributed by atoms with Crippen molar-refractivity contribution < 1.29 is 23.9 Å². The number of carbonyl (C=O) groups excluding carboxylic acids is 4. The number of esters is 1. The van der Waals surface area contributed by atoms with E-state index in [4.69, 9.17) is 0 Å². The van der Waals surface area contributed by atoms with E-state index in [2.05, 4.69) is 15.4 Å². The molecule has 0 aromatic rings. The highest BCUT2D eigenvalue weighted by atomic mass is 16.5. The van der Waals surface area contributed by atoms with Crippen molar-refractivity contribution in [1.82, 2.24) is 10.6 Å². The van der Waals surface area contributed by atoms with Crippen LogP contribution in [0.2, 0.25) is 0 Å². The molecule has 0 aliphatic heterocycles. The number of methoxy groups -OCH3 is 1. The maximum Gasteiger partial charge on any atom is 0.328 e. The Morgan fingerprint density at radius 1 is 1.27 bits per heavy atom. The molecule has 2 N–H and O–H groups in total. The fraction of sp³-hybridized carbons (Fsp3) is 0.467. The van der Waals surface area contributed by atoms with Crippen LogP contribution >= 0.6 is 0 Å². The fourth-order valence-corrected chi connectivity index (χ4v) is 2.18. The lowest BCUT2D eigenvalue weighted by molar-refractivity contribution is -0.146. The van der Waals surface area contributed by atoms with E-state index < -0.39 is 24.0 Å². The summed E-state index contributed by atoms with van der Waals surface area (Å²) in [7, 11) is 1.18. The van der Waals surface area contributed by atoms with Crippen LogP contribution in [0, 0.1) is 0 Å². The summed E-state index contributed by atoms with van der Waals surface area (Å²) in [5.41, 5.74) is 0.400. The van der Waals surface area contributed by atoms with Gasteiger partial charge >= 0.3 is 5.97 Å². The molecule has 1 aliphatic rings. The summed E-state index contributed by atoms with van der Waals surface area (Å²) < 4.78 is 4.58. The number of amides is 2. The van der Waals surface area contributed by atoms with Crippen molar-refractivity contribution >= 4 is 23.6 Å². The number of carbonyl (C=O) groups is 4. The van der Waals surface area contributed by atoms with Gasteiger partial charge in [-0.05, 0) is 6.42 Å². The SMILES string of the molecule is COC(=O)C(CC(=O)C1=CC=CCC1NC(C)=O)NC(C)=O. The molecule has 0 saturated carbocycles. The van der Waals surface area contributed by atoms with Gasteiger partial charge in [0.2, 0.25) is 11.8 Å². The molecule has 0 aromatic carbocycles. The number of ketones is 1. The molecule has 22 heavy (non-hydrogen) atoms. The lowest BCUT2D eigenvalue weighted by Gasteiger charge is -2.23. The van der Waals surface area contributed by atoms with Gasteiger partial charge < -0.3 is 15.4 Å². The number of Topliss-reactive ketones (excluding diaryl/α,β-unsaturated/α-hetero) is 1. The number of rotatable bonds is 6. The van der Waals surface area contributed by atoms with Gasteiger partial charge in [-0.1, -0.05) is 18.2 Å². The molecule has 0 aromatic heterocycles. The first-order valence-corrected chi connectivity index (χ1v) is 6.87. The predicted octanol–water partition coefficient (Wildman–Crippen LogP) is 0.0143. The van der Waals surface area contributed by atoms with E-state index in [0.29, 0.717) is 12.0 Å². The molecular formula is C15H20N2O5. The normalized spacial score (nSPS) is 18.0. The Balaban J connectivity index is 2.84. The van der Waals surface area contributed by atoms with E-state index in [1.165, 1.54) is 21.0 Å². The van der Waals surface area contributed by atoms with Crippen molar-refractivity contribution in [2.75, 3.05) is 7.11 Å². The van der Waals surface area contributed by atoms with E-state index in [9.17, 15) is 19.2 Å². The van der Waals surface area contributed by atoms with Gasteiger partial charge in [0.15, 0.2) is 5.78 Å². The first kappa shape index (κ1) is 17.6. The largest absolute Gasteiger partial charge is 0.467 e. The van der Waals surface area contributed by atoms with E-state index in [1.807, 2.05) is 6.08 Å². The second-order valence-electron chi connectivity index (χ2n) is 4.94. The monoisotopic (exact) mass is 308 g/mol. The molecule has 1 rings (SSSR count). The molecular weight excluding hydrogens is 288 g/mol. The minimum Gasteiger partial charge on any atom is -0.467 e. The van der Waals surface area contributed by atoms with Crippen molar-refractivity contribution in [2.24, 2.45) is 0 Å². The molecule has 2 atom stereocenters. The zero-order valence-electron chi connectivity index (χ0n) is 12.8. The Bertz CT molecular complexity index is 536. The molecule has 0 saturated heterocycles. The topological polar surface area (TPSA) is 102 Å². The van der Waals surface area contributed by atoms with Gasteiger partial charge in [0.1, 0.15) is 6.04 Å². The smallest absolute Gasteiger partial charge is 0.328 e. The highest BCUT2D eigenvalue weighted by Gasteiger charge is 2.28. The summed E-state index contributed by atoms with van der Waals surface area (Å²) in [4.78, 5) is 46.3. The first-order chi connectivity index (χ1) is 10.3. The standard InChI is InChI=1S/C15H20N2O5/c1-9(18)16-12-7-5-4-6-11(12)14(20)8-13(15(21)22-3)17-10(2)19/h4-6,12-13H,7-8H2,1-3H3,(H,16,18)(H,17,19). The zero-order valence-corrected chi connectivity index (χ0v) is 12.8. The van der Waals surface area contributed by atoms with Gasteiger partial charge in [0.25, 0.3) is 0 Å². The Morgan fingerprint density at radius 3 is 2.50 bits per heavy atom.